The summed E-state index contributed by atoms with van der Waals surface area (Å²) >= 11 is 0. The third kappa shape index (κ3) is 3.32. The molecular weight excluding hydrogens is 278 g/mol. The summed E-state index contributed by atoms with van der Waals surface area (Å²) in [5.41, 5.74) is 1.24. The van der Waals surface area contributed by atoms with Crippen molar-refractivity contribution in [2.24, 2.45) is 17.8 Å². The second kappa shape index (κ2) is 6.51. The number of esters is 1. The molecule has 3 atom stereocenters. The van der Waals surface area contributed by atoms with Crippen molar-refractivity contribution in [3.63, 3.8) is 0 Å². The lowest BCUT2D eigenvalue weighted by Crippen LogP contribution is -2.20. The Morgan fingerprint density at radius 1 is 1.18 bits per heavy atom. The number of fused-ring (bicyclic) bond motifs is 2. The van der Waals surface area contributed by atoms with Gasteiger partial charge in [0, 0.05) is 12.1 Å². The SMILES string of the molecule is CCOC(=O)c1ccc(NC(=O)C[C@H]2C[C@H]3CC[C@@H]2C3)cc1. The molecule has 0 heterocycles. The van der Waals surface area contributed by atoms with Crippen molar-refractivity contribution in [3.05, 3.63) is 29.8 Å². The third-order valence-electron chi connectivity index (χ3n) is 5.01. The van der Waals surface area contributed by atoms with Gasteiger partial charge in [-0.2, -0.15) is 0 Å². The van der Waals surface area contributed by atoms with Crippen molar-refractivity contribution in [3.8, 4) is 0 Å². The molecule has 4 nitrogen and oxygen atoms in total. The van der Waals surface area contributed by atoms with Gasteiger partial charge in [-0.1, -0.05) is 6.42 Å². The number of nitrogens with one attached hydrogen (secondary N) is 1. The van der Waals surface area contributed by atoms with Gasteiger partial charge < -0.3 is 10.1 Å². The van der Waals surface area contributed by atoms with Crippen molar-refractivity contribution in [2.45, 2.75) is 39.0 Å². The van der Waals surface area contributed by atoms with Crippen molar-refractivity contribution in [1.29, 1.82) is 0 Å². The van der Waals surface area contributed by atoms with Gasteiger partial charge >= 0.3 is 5.97 Å². The molecule has 2 fully saturated rings. The van der Waals surface area contributed by atoms with Crippen LogP contribution in [0.4, 0.5) is 5.69 Å². The van der Waals surface area contributed by atoms with Gasteiger partial charge in [0.1, 0.15) is 0 Å². The van der Waals surface area contributed by atoms with Crippen LogP contribution in [0.2, 0.25) is 0 Å². The van der Waals surface area contributed by atoms with Crippen LogP contribution in [0.25, 0.3) is 0 Å². The molecule has 0 saturated heterocycles. The number of rotatable bonds is 5. The molecular formula is C18H23NO3. The van der Waals surface area contributed by atoms with Crippen molar-refractivity contribution in [2.75, 3.05) is 11.9 Å². The molecule has 118 valence electrons. The van der Waals surface area contributed by atoms with E-state index in [-0.39, 0.29) is 11.9 Å². The summed E-state index contributed by atoms with van der Waals surface area (Å²) in [7, 11) is 0. The fourth-order valence-electron chi connectivity index (χ4n) is 3.98. The van der Waals surface area contributed by atoms with E-state index in [1.807, 2.05) is 0 Å². The molecule has 0 aliphatic heterocycles. The average Bonchev–Trinajstić information content (AvgIpc) is 3.10. The molecule has 2 bridgehead atoms. The van der Waals surface area contributed by atoms with Gasteiger partial charge in [0.15, 0.2) is 0 Å². The zero-order valence-electron chi connectivity index (χ0n) is 13.0. The van der Waals surface area contributed by atoms with E-state index in [0.717, 1.165) is 17.5 Å². The molecule has 4 heteroatoms. The Balaban J connectivity index is 1.52. The van der Waals surface area contributed by atoms with Crippen LogP contribution in [0.5, 0.6) is 0 Å². The Morgan fingerprint density at radius 2 is 1.95 bits per heavy atom. The van der Waals surface area contributed by atoms with Gasteiger partial charge in [0.05, 0.1) is 12.2 Å². The molecule has 0 radical (unpaired) electrons. The quantitative estimate of drug-likeness (QED) is 0.845. The summed E-state index contributed by atoms with van der Waals surface area (Å²) in [5.74, 6) is 1.95. The maximum absolute atomic E-state index is 12.2. The lowest BCUT2D eigenvalue weighted by atomic mass is 9.86. The number of ether oxygens (including phenoxy) is 1. The standard InChI is InChI=1S/C18H23NO3/c1-2-22-18(21)13-5-7-16(8-6-13)19-17(20)11-15-10-12-3-4-14(15)9-12/h5-8,12,14-15H,2-4,9-11H2,1H3,(H,19,20)/t12-,14+,15+/m0/s1. The van der Waals surface area contributed by atoms with E-state index in [2.05, 4.69) is 5.32 Å². The van der Waals surface area contributed by atoms with E-state index in [1.54, 1.807) is 31.2 Å². The van der Waals surface area contributed by atoms with E-state index in [1.165, 1.54) is 25.7 Å². The number of carbonyl (C=O) groups excluding carboxylic acids is 2. The van der Waals surface area contributed by atoms with Crippen molar-refractivity contribution in [1.82, 2.24) is 0 Å². The monoisotopic (exact) mass is 301 g/mol. The van der Waals surface area contributed by atoms with Crippen molar-refractivity contribution >= 4 is 17.6 Å². The van der Waals surface area contributed by atoms with Crippen LogP contribution in [0, 0.1) is 17.8 Å². The largest absolute Gasteiger partial charge is 0.462 e. The molecule has 2 saturated carbocycles. The van der Waals surface area contributed by atoms with Crippen LogP contribution in [-0.4, -0.2) is 18.5 Å². The highest BCUT2D eigenvalue weighted by molar-refractivity contribution is 5.93. The lowest BCUT2D eigenvalue weighted by Gasteiger charge is -2.20. The Bertz CT molecular complexity index is 552. The molecule has 1 amide bonds. The normalized spacial score (nSPS) is 26.0. The fourth-order valence-corrected chi connectivity index (χ4v) is 3.98. The second-order valence-electron chi connectivity index (χ2n) is 6.49. The molecule has 3 rings (SSSR count). The molecule has 2 aliphatic rings. The fraction of sp³-hybridized carbons (Fsp3) is 0.556. The van der Waals surface area contributed by atoms with Crippen LogP contribution < -0.4 is 5.32 Å². The molecule has 22 heavy (non-hydrogen) atoms. The van der Waals surface area contributed by atoms with Crippen LogP contribution in [0.3, 0.4) is 0 Å². The minimum absolute atomic E-state index is 0.0847. The molecule has 0 unspecified atom stereocenters. The second-order valence-corrected chi connectivity index (χ2v) is 6.49. The highest BCUT2D eigenvalue weighted by Crippen LogP contribution is 2.49. The smallest absolute Gasteiger partial charge is 0.338 e. The Labute approximate surface area is 131 Å². The van der Waals surface area contributed by atoms with Gasteiger partial charge in [-0.05, 0) is 68.2 Å². The highest BCUT2D eigenvalue weighted by Gasteiger charge is 2.40. The number of carbonyl (C=O) groups is 2. The molecule has 1 N–H and O–H groups in total. The molecule has 2 aliphatic carbocycles. The van der Waals surface area contributed by atoms with E-state index >= 15 is 0 Å². The first-order valence-corrected chi connectivity index (χ1v) is 8.22. The number of anilines is 1. The van der Waals surface area contributed by atoms with Crippen LogP contribution in [0.15, 0.2) is 24.3 Å². The maximum Gasteiger partial charge on any atom is 0.338 e. The molecule has 1 aromatic rings. The molecule has 0 aromatic heterocycles. The zero-order valence-corrected chi connectivity index (χ0v) is 13.0. The summed E-state index contributed by atoms with van der Waals surface area (Å²) in [6, 6.07) is 6.88. The first-order valence-electron chi connectivity index (χ1n) is 8.22. The average molecular weight is 301 g/mol. The van der Waals surface area contributed by atoms with Crippen LogP contribution >= 0.6 is 0 Å². The number of benzene rings is 1. The number of amides is 1. The minimum atomic E-state index is -0.331. The predicted molar refractivity (Wildman–Crippen MR) is 84.6 cm³/mol. The Kier molecular flexibility index (Phi) is 4.46. The molecule has 0 spiro atoms. The highest BCUT2D eigenvalue weighted by atomic mass is 16.5. The van der Waals surface area contributed by atoms with Crippen molar-refractivity contribution < 1.29 is 14.3 Å². The van der Waals surface area contributed by atoms with Crippen LogP contribution in [-0.2, 0) is 9.53 Å². The maximum atomic E-state index is 12.2. The van der Waals surface area contributed by atoms with Crippen LogP contribution in [0.1, 0.15) is 49.4 Å². The Hall–Kier alpha value is -1.84. The summed E-state index contributed by atoms with van der Waals surface area (Å²) in [5, 5.41) is 2.94. The Morgan fingerprint density at radius 3 is 2.55 bits per heavy atom. The van der Waals surface area contributed by atoms with Gasteiger partial charge in [-0.15, -0.1) is 0 Å². The van der Waals surface area contributed by atoms with E-state index in [0.29, 0.717) is 24.5 Å². The first-order chi connectivity index (χ1) is 10.7. The van der Waals surface area contributed by atoms with E-state index < -0.39 is 0 Å². The minimum Gasteiger partial charge on any atom is -0.462 e. The number of hydrogen-bond donors (Lipinski definition) is 1. The van der Waals surface area contributed by atoms with Gasteiger partial charge in [-0.25, -0.2) is 4.79 Å². The van der Waals surface area contributed by atoms with Gasteiger partial charge in [0.2, 0.25) is 5.91 Å². The predicted octanol–water partition coefficient (Wildman–Crippen LogP) is 3.63. The molecule has 1 aromatic carbocycles. The zero-order chi connectivity index (χ0) is 15.5. The number of hydrogen-bond acceptors (Lipinski definition) is 3. The topological polar surface area (TPSA) is 55.4 Å². The third-order valence-corrected chi connectivity index (χ3v) is 5.01. The summed E-state index contributed by atoms with van der Waals surface area (Å²) in [6.45, 7) is 2.14. The summed E-state index contributed by atoms with van der Waals surface area (Å²) in [4.78, 5) is 23.7. The lowest BCUT2D eigenvalue weighted by molar-refractivity contribution is -0.117. The van der Waals surface area contributed by atoms with Gasteiger partial charge in [0.25, 0.3) is 0 Å². The first kappa shape index (κ1) is 15.1. The summed E-state index contributed by atoms with van der Waals surface area (Å²) in [6.07, 6.45) is 5.84. The van der Waals surface area contributed by atoms with E-state index in [9.17, 15) is 9.59 Å². The van der Waals surface area contributed by atoms with Gasteiger partial charge in [-0.3, -0.25) is 4.79 Å². The van der Waals surface area contributed by atoms with E-state index in [4.69, 9.17) is 4.74 Å². The summed E-state index contributed by atoms with van der Waals surface area (Å²) < 4.78 is 4.94.